The molecule has 0 unspecified atom stereocenters. The maximum atomic E-state index is 6.12. The van der Waals surface area contributed by atoms with Crippen molar-refractivity contribution in [2.75, 3.05) is 7.11 Å². The third kappa shape index (κ3) is 2.24. The van der Waals surface area contributed by atoms with Gasteiger partial charge in [-0.3, -0.25) is 0 Å². The molecule has 0 N–H and O–H groups in total. The fraction of sp³-hybridized carbons (Fsp3) is 0.231. The van der Waals surface area contributed by atoms with Gasteiger partial charge in [-0.1, -0.05) is 17.7 Å². The lowest BCUT2D eigenvalue weighted by Crippen LogP contribution is -1.95. The van der Waals surface area contributed by atoms with Crippen LogP contribution in [-0.2, 0) is 0 Å². The van der Waals surface area contributed by atoms with E-state index in [1.54, 1.807) is 13.3 Å². The largest absolute Gasteiger partial charge is 0.496 e. The van der Waals surface area contributed by atoms with Crippen molar-refractivity contribution in [3.63, 3.8) is 0 Å². The average Bonchev–Trinajstić information content (AvgIpc) is 2.29. The number of halogens is 1. The van der Waals surface area contributed by atoms with Gasteiger partial charge < -0.3 is 4.74 Å². The molecule has 2 aromatic rings. The summed E-state index contributed by atoms with van der Waals surface area (Å²) in [6.07, 6.45) is 3.07. The molecule has 4 heteroatoms. The highest BCUT2D eigenvalue weighted by Gasteiger charge is 2.14. The van der Waals surface area contributed by atoms with Crippen molar-refractivity contribution in [1.82, 2.24) is 9.97 Å². The topological polar surface area (TPSA) is 35.0 Å². The first-order valence-electron chi connectivity index (χ1n) is 5.24. The van der Waals surface area contributed by atoms with Crippen molar-refractivity contribution in [3.8, 4) is 17.0 Å². The highest BCUT2D eigenvalue weighted by atomic mass is 35.5. The third-order valence-corrected chi connectivity index (χ3v) is 2.84. The number of methoxy groups -OCH3 is 1. The molecule has 0 radical (unpaired) electrons. The van der Waals surface area contributed by atoms with Crippen LogP contribution in [0.2, 0.25) is 5.02 Å². The van der Waals surface area contributed by atoms with Crippen molar-refractivity contribution in [2.24, 2.45) is 0 Å². The van der Waals surface area contributed by atoms with Gasteiger partial charge in [-0.15, -0.1) is 0 Å². The van der Waals surface area contributed by atoms with Gasteiger partial charge in [-0.25, -0.2) is 9.97 Å². The van der Waals surface area contributed by atoms with Crippen LogP contribution in [0, 0.1) is 13.8 Å². The molecule has 0 aliphatic carbocycles. The number of aryl methyl sites for hydroxylation is 2. The normalized spacial score (nSPS) is 10.4. The van der Waals surface area contributed by atoms with Crippen molar-refractivity contribution in [3.05, 3.63) is 40.8 Å². The van der Waals surface area contributed by atoms with Crippen LogP contribution in [0.3, 0.4) is 0 Å². The van der Waals surface area contributed by atoms with Crippen molar-refractivity contribution >= 4 is 11.6 Å². The molecule has 0 aliphatic rings. The predicted molar refractivity (Wildman–Crippen MR) is 68.5 cm³/mol. The number of hydrogen-bond donors (Lipinski definition) is 0. The number of nitrogens with zero attached hydrogens (tertiary/aromatic N) is 2. The summed E-state index contributed by atoms with van der Waals surface area (Å²) in [5, 5.41) is 0.526. The van der Waals surface area contributed by atoms with E-state index in [1.807, 2.05) is 19.9 Å². The molecule has 2 rings (SSSR count). The molecule has 0 bridgehead atoms. The Kier molecular flexibility index (Phi) is 3.29. The Hall–Kier alpha value is -1.61. The zero-order chi connectivity index (χ0) is 12.4. The number of aromatic nitrogens is 2. The number of benzene rings is 1. The summed E-state index contributed by atoms with van der Waals surface area (Å²) < 4.78 is 5.40. The summed E-state index contributed by atoms with van der Waals surface area (Å²) in [5.74, 6) is 0.781. The molecule has 0 atom stereocenters. The standard InChI is InChI=1S/C13H13ClN2O/c1-8-4-9(2)12(11(5-8)17-3)13-10(14)6-15-7-16-13/h4-7H,1-3H3. The van der Waals surface area contributed by atoms with Crippen LogP contribution >= 0.6 is 11.6 Å². The summed E-state index contributed by atoms with van der Waals surface area (Å²) in [6.45, 7) is 4.05. The highest BCUT2D eigenvalue weighted by Crippen LogP contribution is 2.36. The lowest BCUT2D eigenvalue weighted by atomic mass is 10.0. The summed E-state index contributed by atoms with van der Waals surface area (Å²) in [6, 6.07) is 4.05. The van der Waals surface area contributed by atoms with Gasteiger partial charge >= 0.3 is 0 Å². The minimum atomic E-state index is 0.526. The van der Waals surface area contributed by atoms with E-state index in [-0.39, 0.29) is 0 Å². The van der Waals surface area contributed by atoms with E-state index in [4.69, 9.17) is 16.3 Å². The molecule has 0 aliphatic heterocycles. The van der Waals surface area contributed by atoms with E-state index >= 15 is 0 Å². The van der Waals surface area contributed by atoms with Gasteiger partial charge in [-0.05, 0) is 31.0 Å². The Bertz CT molecular complexity index is 555. The Balaban J connectivity index is 2.71. The molecule has 0 amide bonds. The Morgan fingerprint density at radius 1 is 1.24 bits per heavy atom. The minimum absolute atomic E-state index is 0.526. The SMILES string of the molecule is COc1cc(C)cc(C)c1-c1ncncc1Cl. The van der Waals surface area contributed by atoms with Crippen LogP contribution in [0.4, 0.5) is 0 Å². The Morgan fingerprint density at radius 2 is 2.00 bits per heavy atom. The van der Waals surface area contributed by atoms with Gasteiger partial charge in [0.15, 0.2) is 0 Å². The zero-order valence-corrected chi connectivity index (χ0v) is 10.7. The van der Waals surface area contributed by atoms with Crippen LogP contribution in [0.15, 0.2) is 24.7 Å². The van der Waals surface area contributed by atoms with Crippen molar-refractivity contribution < 1.29 is 4.74 Å². The van der Waals surface area contributed by atoms with Gasteiger partial charge in [0.05, 0.1) is 17.8 Å². The molecule has 1 aromatic carbocycles. The second-order valence-electron chi connectivity index (χ2n) is 3.88. The van der Waals surface area contributed by atoms with Crippen LogP contribution in [0.25, 0.3) is 11.3 Å². The lowest BCUT2D eigenvalue weighted by Gasteiger charge is -2.13. The quantitative estimate of drug-likeness (QED) is 0.817. The maximum absolute atomic E-state index is 6.12. The van der Waals surface area contributed by atoms with Crippen LogP contribution < -0.4 is 4.74 Å². The van der Waals surface area contributed by atoms with Crippen LogP contribution in [-0.4, -0.2) is 17.1 Å². The fourth-order valence-corrected chi connectivity index (χ4v) is 2.09. The smallest absolute Gasteiger partial charge is 0.128 e. The summed E-state index contributed by atoms with van der Waals surface area (Å²) in [5.41, 5.74) is 3.86. The molecule has 0 saturated heterocycles. The summed E-state index contributed by atoms with van der Waals surface area (Å²) in [7, 11) is 1.65. The van der Waals surface area contributed by atoms with Crippen LogP contribution in [0.5, 0.6) is 5.75 Å². The second kappa shape index (κ2) is 4.72. The second-order valence-corrected chi connectivity index (χ2v) is 4.29. The Morgan fingerprint density at radius 3 is 2.65 bits per heavy atom. The zero-order valence-electron chi connectivity index (χ0n) is 9.99. The van der Waals surface area contributed by atoms with Gasteiger partial charge in [0.1, 0.15) is 12.1 Å². The molecule has 17 heavy (non-hydrogen) atoms. The molecule has 1 heterocycles. The minimum Gasteiger partial charge on any atom is -0.496 e. The van der Waals surface area contributed by atoms with Gasteiger partial charge in [-0.2, -0.15) is 0 Å². The van der Waals surface area contributed by atoms with E-state index in [9.17, 15) is 0 Å². The molecular weight excluding hydrogens is 236 g/mol. The lowest BCUT2D eigenvalue weighted by molar-refractivity contribution is 0.415. The monoisotopic (exact) mass is 248 g/mol. The number of hydrogen-bond acceptors (Lipinski definition) is 3. The molecular formula is C13H13ClN2O. The van der Waals surface area contributed by atoms with Gasteiger partial charge in [0, 0.05) is 11.8 Å². The highest BCUT2D eigenvalue weighted by molar-refractivity contribution is 6.33. The van der Waals surface area contributed by atoms with Crippen LogP contribution in [0.1, 0.15) is 11.1 Å². The van der Waals surface area contributed by atoms with E-state index < -0.39 is 0 Å². The molecule has 88 valence electrons. The first-order valence-corrected chi connectivity index (χ1v) is 5.62. The van der Waals surface area contributed by atoms with Gasteiger partial charge in [0.2, 0.25) is 0 Å². The summed E-state index contributed by atoms with van der Waals surface area (Å²) in [4.78, 5) is 8.11. The predicted octanol–water partition coefficient (Wildman–Crippen LogP) is 3.42. The molecule has 0 saturated carbocycles. The van der Waals surface area contributed by atoms with Crippen molar-refractivity contribution in [2.45, 2.75) is 13.8 Å². The van der Waals surface area contributed by atoms with E-state index in [1.165, 1.54) is 6.33 Å². The molecule has 1 aromatic heterocycles. The summed E-state index contributed by atoms with van der Waals surface area (Å²) >= 11 is 6.12. The van der Waals surface area contributed by atoms with Gasteiger partial charge in [0.25, 0.3) is 0 Å². The molecule has 0 fully saturated rings. The van der Waals surface area contributed by atoms with Crippen molar-refractivity contribution in [1.29, 1.82) is 0 Å². The number of ether oxygens (including phenoxy) is 1. The molecule has 3 nitrogen and oxygen atoms in total. The first kappa shape index (κ1) is 11.9. The average molecular weight is 249 g/mol. The first-order chi connectivity index (χ1) is 8.13. The maximum Gasteiger partial charge on any atom is 0.128 e. The molecule has 0 spiro atoms. The van der Waals surface area contributed by atoms with E-state index in [0.29, 0.717) is 10.7 Å². The number of rotatable bonds is 2. The van der Waals surface area contributed by atoms with E-state index in [2.05, 4.69) is 16.0 Å². The third-order valence-electron chi connectivity index (χ3n) is 2.57. The Labute approximate surface area is 105 Å². The van der Waals surface area contributed by atoms with E-state index in [0.717, 1.165) is 22.4 Å². The fourth-order valence-electron chi connectivity index (χ4n) is 1.89.